The average molecular weight is 415 g/mol. The van der Waals surface area contributed by atoms with Gasteiger partial charge >= 0.3 is 0 Å². The number of likely N-dealkylation sites (tertiary alicyclic amines) is 1. The van der Waals surface area contributed by atoms with Gasteiger partial charge in [-0.15, -0.1) is 0 Å². The largest absolute Gasteiger partial charge is 0.508 e. The Kier molecular flexibility index (Phi) is 6.32. The maximum atomic E-state index is 13.5. The molecular weight excluding hydrogens is 388 g/mol. The first-order chi connectivity index (χ1) is 15.1. The Morgan fingerprint density at radius 1 is 0.839 bits per heavy atom. The zero-order valence-electron chi connectivity index (χ0n) is 17.3. The monoisotopic (exact) mass is 414 g/mol. The topological polar surface area (TPSA) is 69.6 Å². The molecule has 2 N–H and O–H groups in total. The van der Waals surface area contributed by atoms with Crippen molar-refractivity contribution < 1.29 is 14.7 Å². The van der Waals surface area contributed by atoms with Crippen molar-refractivity contribution in [1.82, 2.24) is 10.2 Å². The predicted molar refractivity (Wildman–Crippen MR) is 120 cm³/mol. The van der Waals surface area contributed by atoms with E-state index in [1.807, 2.05) is 65.6 Å². The highest BCUT2D eigenvalue weighted by atomic mass is 16.3. The highest BCUT2D eigenvalue weighted by Crippen LogP contribution is 2.28. The second kappa shape index (κ2) is 9.47. The quantitative estimate of drug-likeness (QED) is 0.664. The molecule has 31 heavy (non-hydrogen) atoms. The molecule has 0 atom stereocenters. The lowest BCUT2D eigenvalue weighted by molar-refractivity contribution is -0.132. The van der Waals surface area contributed by atoms with Gasteiger partial charge in [0.25, 0.3) is 5.91 Å². The Balaban J connectivity index is 1.42. The van der Waals surface area contributed by atoms with Crippen LogP contribution in [0.15, 0.2) is 84.9 Å². The smallest absolute Gasteiger partial charge is 0.251 e. The zero-order chi connectivity index (χ0) is 21.6. The standard InChI is InChI=1S/C26H26N2O3/c29-23-13-7-12-21(18-23)25(30)27-22-14-16-28(17-15-22)26(31)24(19-8-3-1-4-9-19)20-10-5-2-6-11-20/h1-13,18,22,24,29H,14-17H2,(H,27,30). The second-order valence-electron chi connectivity index (χ2n) is 7.88. The number of carbonyl (C=O) groups is 2. The predicted octanol–water partition coefficient (Wildman–Crippen LogP) is 3.95. The van der Waals surface area contributed by atoms with Crippen LogP contribution in [0.4, 0.5) is 0 Å². The van der Waals surface area contributed by atoms with Gasteiger partial charge in [-0.3, -0.25) is 9.59 Å². The summed E-state index contributed by atoms with van der Waals surface area (Å²) in [5.74, 6) is -0.371. The molecule has 1 fully saturated rings. The molecule has 0 bridgehead atoms. The van der Waals surface area contributed by atoms with Gasteiger partial charge in [0, 0.05) is 24.7 Å². The molecule has 0 spiro atoms. The summed E-state index contributed by atoms with van der Waals surface area (Å²) in [6.07, 6.45) is 1.40. The minimum atomic E-state index is -0.333. The number of amides is 2. The van der Waals surface area contributed by atoms with Gasteiger partial charge in [0.1, 0.15) is 5.75 Å². The van der Waals surface area contributed by atoms with E-state index in [-0.39, 0.29) is 29.5 Å². The van der Waals surface area contributed by atoms with E-state index >= 15 is 0 Å². The summed E-state index contributed by atoms with van der Waals surface area (Å²) < 4.78 is 0. The van der Waals surface area contributed by atoms with Gasteiger partial charge in [-0.1, -0.05) is 66.7 Å². The van der Waals surface area contributed by atoms with Crippen molar-refractivity contribution in [2.75, 3.05) is 13.1 Å². The van der Waals surface area contributed by atoms with Crippen molar-refractivity contribution in [3.8, 4) is 5.75 Å². The van der Waals surface area contributed by atoms with E-state index < -0.39 is 0 Å². The maximum Gasteiger partial charge on any atom is 0.251 e. The third-order valence-corrected chi connectivity index (χ3v) is 5.76. The average Bonchev–Trinajstić information content (AvgIpc) is 2.81. The van der Waals surface area contributed by atoms with Crippen LogP contribution in [0.2, 0.25) is 0 Å². The van der Waals surface area contributed by atoms with Crippen molar-refractivity contribution in [2.24, 2.45) is 0 Å². The summed E-state index contributed by atoms with van der Waals surface area (Å²) in [6, 6.07) is 26.1. The van der Waals surface area contributed by atoms with E-state index in [0.29, 0.717) is 31.5 Å². The number of nitrogens with one attached hydrogen (secondary N) is 1. The summed E-state index contributed by atoms with van der Waals surface area (Å²) in [5, 5.41) is 12.6. The minimum Gasteiger partial charge on any atom is -0.508 e. The molecule has 1 aliphatic rings. The Morgan fingerprint density at radius 3 is 1.97 bits per heavy atom. The van der Waals surface area contributed by atoms with Gasteiger partial charge in [-0.25, -0.2) is 0 Å². The number of nitrogens with zero attached hydrogens (tertiary/aromatic N) is 1. The van der Waals surface area contributed by atoms with Crippen molar-refractivity contribution in [3.05, 3.63) is 102 Å². The van der Waals surface area contributed by atoms with Gasteiger partial charge in [-0.2, -0.15) is 0 Å². The number of rotatable bonds is 5. The van der Waals surface area contributed by atoms with Gasteiger partial charge in [0.15, 0.2) is 0 Å². The number of aromatic hydroxyl groups is 1. The zero-order valence-corrected chi connectivity index (χ0v) is 17.3. The van der Waals surface area contributed by atoms with Crippen LogP contribution in [0.1, 0.15) is 40.2 Å². The number of benzene rings is 3. The number of piperidine rings is 1. The molecule has 3 aromatic carbocycles. The first-order valence-corrected chi connectivity index (χ1v) is 10.6. The number of hydrogen-bond acceptors (Lipinski definition) is 3. The summed E-state index contributed by atoms with van der Waals surface area (Å²) in [7, 11) is 0. The Bertz CT molecular complexity index is 989. The van der Waals surface area contributed by atoms with Crippen LogP contribution >= 0.6 is 0 Å². The van der Waals surface area contributed by atoms with Crippen molar-refractivity contribution in [3.63, 3.8) is 0 Å². The van der Waals surface area contributed by atoms with Crippen molar-refractivity contribution in [2.45, 2.75) is 24.8 Å². The van der Waals surface area contributed by atoms with Crippen LogP contribution in [-0.2, 0) is 4.79 Å². The first kappa shape index (κ1) is 20.7. The fourth-order valence-corrected chi connectivity index (χ4v) is 4.11. The number of phenolic OH excluding ortho intramolecular Hbond substituents is 1. The number of hydrogen-bond donors (Lipinski definition) is 2. The Labute approximate surface area is 182 Å². The summed E-state index contributed by atoms with van der Waals surface area (Å²) in [6.45, 7) is 1.19. The van der Waals surface area contributed by atoms with E-state index in [4.69, 9.17) is 0 Å². The minimum absolute atomic E-state index is 0.00537. The lowest BCUT2D eigenvalue weighted by Gasteiger charge is -2.35. The first-order valence-electron chi connectivity index (χ1n) is 10.6. The Hall–Kier alpha value is -3.60. The molecule has 1 aliphatic heterocycles. The van der Waals surface area contributed by atoms with Crippen molar-refractivity contribution >= 4 is 11.8 Å². The number of phenols is 1. The van der Waals surface area contributed by atoms with Crippen LogP contribution in [0.3, 0.4) is 0 Å². The molecule has 2 amide bonds. The molecule has 4 rings (SSSR count). The third kappa shape index (κ3) is 4.94. The number of carbonyl (C=O) groups excluding carboxylic acids is 2. The summed E-state index contributed by atoms with van der Waals surface area (Å²) >= 11 is 0. The van der Waals surface area contributed by atoms with Crippen LogP contribution in [-0.4, -0.2) is 41.0 Å². The molecule has 0 unspecified atom stereocenters. The van der Waals surface area contributed by atoms with Gasteiger partial charge in [-0.05, 0) is 42.2 Å². The van der Waals surface area contributed by atoms with Crippen LogP contribution < -0.4 is 5.32 Å². The lowest BCUT2D eigenvalue weighted by atomic mass is 9.89. The molecular formula is C26H26N2O3. The van der Waals surface area contributed by atoms with Crippen LogP contribution in [0.25, 0.3) is 0 Å². The summed E-state index contributed by atoms with van der Waals surface area (Å²) in [4.78, 5) is 27.9. The fraction of sp³-hybridized carbons (Fsp3) is 0.231. The van der Waals surface area contributed by atoms with E-state index in [1.54, 1.807) is 12.1 Å². The molecule has 3 aromatic rings. The van der Waals surface area contributed by atoms with E-state index in [2.05, 4.69) is 5.32 Å². The van der Waals surface area contributed by atoms with E-state index in [1.165, 1.54) is 12.1 Å². The van der Waals surface area contributed by atoms with Gasteiger partial charge < -0.3 is 15.3 Å². The molecule has 0 saturated carbocycles. The second-order valence-corrected chi connectivity index (χ2v) is 7.88. The molecule has 0 radical (unpaired) electrons. The molecule has 5 nitrogen and oxygen atoms in total. The highest BCUT2D eigenvalue weighted by molar-refractivity contribution is 5.94. The van der Waals surface area contributed by atoms with Gasteiger partial charge in [0.2, 0.25) is 5.91 Å². The molecule has 0 aliphatic carbocycles. The third-order valence-electron chi connectivity index (χ3n) is 5.76. The molecule has 5 heteroatoms. The summed E-state index contributed by atoms with van der Waals surface area (Å²) in [5.41, 5.74) is 2.41. The van der Waals surface area contributed by atoms with Crippen molar-refractivity contribution in [1.29, 1.82) is 0 Å². The highest BCUT2D eigenvalue weighted by Gasteiger charge is 2.30. The van der Waals surface area contributed by atoms with Crippen LogP contribution in [0.5, 0.6) is 5.75 Å². The molecule has 158 valence electrons. The van der Waals surface area contributed by atoms with E-state index in [9.17, 15) is 14.7 Å². The fourth-order valence-electron chi connectivity index (χ4n) is 4.11. The normalized spacial score (nSPS) is 14.4. The van der Waals surface area contributed by atoms with E-state index in [0.717, 1.165) is 11.1 Å². The molecule has 1 saturated heterocycles. The SMILES string of the molecule is O=C(NC1CCN(C(=O)C(c2ccccc2)c2ccccc2)CC1)c1cccc(O)c1. The van der Waals surface area contributed by atoms with Gasteiger partial charge in [0.05, 0.1) is 5.92 Å². The maximum absolute atomic E-state index is 13.5. The lowest BCUT2D eigenvalue weighted by Crippen LogP contribution is -2.47. The molecule has 0 aromatic heterocycles. The Morgan fingerprint density at radius 2 is 1.42 bits per heavy atom. The van der Waals surface area contributed by atoms with Crippen LogP contribution in [0, 0.1) is 0 Å². The molecule has 1 heterocycles.